The number of hydrogen-bond acceptors (Lipinski definition) is 5. The van der Waals surface area contributed by atoms with E-state index in [1.54, 1.807) is 0 Å². The summed E-state index contributed by atoms with van der Waals surface area (Å²) < 4.78 is 18.4. The van der Waals surface area contributed by atoms with E-state index in [1.807, 2.05) is 0 Å². The average Bonchev–Trinajstić information content (AvgIpc) is 3.25. The van der Waals surface area contributed by atoms with E-state index in [-0.39, 0.29) is 31.4 Å². The molecule has 5 nitrogen and oxygen atoms in total. The third-order valence-corrected chi connectivity index (χ3v) is 12.1. The maximum atomic E-state index is 12.4. The molecule has 4 rings (SSSR count). The molecular weight excluding hydrogens is 486 g/mol. The van der Waals surface area contributed by atoms with E-state index in [2.05, 4.69) is 36.6 Å². The second kappa shape index (κ2) is 4.90. The van der Waals surface area contributed by atoms with Crippen molar-refractivity contribution in [2.24, 2.45) is 5.41 Å². The van der Waals surface area contributed by atoms with Gasteiger partial charge >= 0.3 is 141 Å². The fourth-order valence-corrected chi connectivity index (χ4v) is 11.1. The van der Waals surface area contributed by atoms with Crippen LogP contribution < -0.4 is 7.06 Å². The van der Waals surface area contributed by atoms with Crippen LogP contribution in [0.4, 0.5) is 0 Å². The number of esters is 1. The van der Waals surface area contributed by atoms with Crippen molar-refractivity contribution >= 4 is 48.9 Å². The summed E-state index contributed by atoms with van der Waals surface area (Å²) in [5, 5.41) is 0. The standard InChI is InChI=1S/C13H20I2N2O3/c1-8-7-12(5-3-2-4-6-12)11(19-8)20-10(18)9(14)13-15(16-13)17-13/h8-9,11,16-17H,2-7H2,1H3. The van der Waals surface area contributed by atoms with Gasteiger partial charge < -0.3 is 0 Å². The Balaban J connectivity index is 1.44. The molecule has 4 fully saturated rings. The second-order valence-corrected chi connectivity index (χ2v) is 12.0. The van der Waals surface area contributed by atoms with Crippen molar-refractivity contribution in [3.63, 3.8) is 0 Å². The van der Waals surface area contributed by atoms with E-state index < -0.39 is 20.4 Å². The maximum absolute atomic E-state index is 12.4. The Kier molecular flexibility index (Phi) is 3.53. The predicted octanol–water partition coefficient (Wildman–Crippen LogP) is 2.62. The first-order chi connectivity index (χ1) is 9.56. The monoisotopic (exact) mass is 506 g/mol. The molecule has 1 spiro atoms. The van der Waals surface area contributed by atoms with Gasteiger partial charge in [-0.2, -0.15) is 0 Å². The number of nitrogens with one attached hydrogen (secondary N) is 2. The summed E-state index contributed by atoms with van der Waals surface area (Å²) in [4.78, 5) is 12.4. The number of alkyl halides is 2. The van der Waals surface area contributed by atoms with Crippen LogP contribution in [0.5, 0.6) is 0 Å². The van der Waals surface area contributed by atoms with Crippen LogP contribution in [0, 0.1) is 5.41 Å². The molecule has 0 radical (unpaired) electrons. The summed E-state index contributed by atoms with van der Waals surface area (Å²) in [5.41, 5.74) is 0.0909. The molecule has 0 aromatic heterocycles. The summed E-state index contributed by atoms with van der Waals surface area (Å²) in [6.07, 6.45) is 6.98. The first-order valence-corrected chi connectivity index (χ1v) is 11.8. The van der Waals surface area contributed by atoms with E-state index in [0.717, 1.165) is 19.3 Å². The average molecular weight is 506 g/mol. The Hall–Kier alpha value is 0.810. The Morgan fingerprint density at radius 3 is 2.65 bits per heavy atom. The van der Waals surface area contributed by atoms with Gasteiger partial charge in [0.25, 0.3) is 0 Å². The van der Waals surface area contributed by atoms with Crippen LogP contribution in [0.1, 0.15) is 45.4 Å². The van der Waals surface area contributed by atoms with Gasteiger partial charge in [-0.05, 0) is 0 Å². The summed E-state index contributed by atoms with van der Waals surface area (Å²) >= 11 is 1.13. The number of halogens is 2. The Labute approximate surface area is 140 Å². The van der Waals surface area contributed by atoms with Crippen LogP contribution in [0.25, 0.3) is 0 Å². The van der Waals surface area contributed by atoms with Gasteiger partial charge in [-0.1, -0.05) is 0 Å². The number of carbonyl (C=O) groups excluding carboxylic acids is 1. The molecule has 3 saturated heterocycles. The molecule has 20 heavy (non-hydrogen) atoms. The fraction of sp³-hybridized carbons (Fsp3) is 0.923. The molecule has 3 atom stereocenters. The van der Waals surface area contributed by atoms with Crippen molar-refractivity contribution in [1.82, 2.24) is 7.06 Å². The van der Waals surface area contributed by atoms with Crippen molar-refractivity contribution in [3.8, 4) is 0 Å². The quantitative estimate of drug-likeness (QED) is 0.154. The minimum atomic E-state index is -1.08. The summed E-state index contributed by atoms with van der Waals surface area (Å²) in [5.74, 6) is -0.105. The molecule has 1 aliphatic carbocycles. The van der Waals surface area contributed by atoms with Crippen molar-refractivity contribution in [3.05, 3.63) is 0 Å². The molecule has 4 aliphatic rings. The number of fused-ring (bicyclic) bond motifs is 1. The predicted molar refractivity (Wildman–Crippen MR) is 91.4 cm³/mol. The normalized spacial score (nSPS) is 39.2. The first-order valence-electron chi connectivity index (χ1n) is 7.31. The van der Waals surface area contributed by atoms with Gasteiger partial charge in [0.2, 0.25) is 0 Å². The van der Waals surface area contributed by atoms with E-state index >= 15 is 0 Å². The zero-order valence-corrected chi connectivity index (χ0v) is 15.8. The van der Waals surface area contributed by atoms with Crippen molar-refractivity contribution in [2.75, 3.05) is 0 Å². The Morgan fingerprint density at radius 1 is 1.40 bits per heavy atom. The second-order valence-electron chi connectivity index (χ2n) is 6.39. The molecule has 7 heteroatoms. The molecule has 114 valence electrons. The van der Waals surface area contributed by atoms with E-state index in [0.29, 0.717) is 0 Å². The van der Waals surface area contributed by atoms with Gasteiger partial charge in [0.1, 0.15) is 0 Å². The molecule has 3 heterocycles. The van der Waals surface area contributed by atoms with Crippen LogP contribution in [0.2, 0.25) is 0 Å². The minimum absolute atomic E-state index is 0.00842. The van der Waals surface area contributed by atoms with Gasteiger partial charge in [0.15, 0.2) is 0 Å². The van der Waals surface area contributed by atoms with Crippen molar-refractivity contribution in [1.29, 1.82) is 0 Å². The molecule has 0 amide bonds. The molecule has 0 bridgehead atoms. The Bertz CT molecular complexity index is 435. The van der Waals surface area contributed by atoms with E-state index in [1.165, 1.54) is 19.3 Å². The number of hydrogen-bond donors (Lipinski definition) is 2. The van der Waals surface area contributed by atoms with Crippen molar-refractivity contribution in [2.45, 2.75) is 65.4 Å². The van der Waals surface area contributed by atoms with Crippen LogP contribution in [0.3, 0.4) is 0 Å². The number of carbonyl (C=O) groups is 1. The zero-order chi connectivity index (χ0) is 14.0. The number of ether oxygens (including phenoxy) is 2. The zero-order valence-electron chi connectivity index (χ0n) is 11.5. The topological polar surface area (TPSA) is 79.4 Å². The number of rotatable bonds is 3. The summed E-state index contributed by atoms with van der Waals surface area (Å²) in [7, 11) is 0. The first kappa shape index (κ1) is 14.4. The van der Waals surface area contributed by atoms with Gasteiger partial charge in [0.05, 0.1) is 0 Å². The molecule has 3 unspecified atom stereocenters. The SMILES string of the molecule is CC1CC2(CCCCC2)C(OC(=O)C(I)C23NI2N3)O1. The van der Waals surface area contributed by atoms with E-state index in [9.17, 15) is 4.79 Å². The summed E-state index contributed by atoms with van der Waals surface area (Å²) in [6.45, 7) is 2.10. The van der Waals surface area contributed by atoms with Crippen LogP contribution in [-0.2, 0) is 14.3 Å². The van der Waals surface area contributed by atoms with Gasteiger partial charge in [-0.25, -0.2) is 0 Å². The van der Waals surface area contributed by atoms with E-state index in [4.69, 9.17) is 9.47 Å². The third-order valence-electron chi connectivity index (χ3n) is 4.87. The molecule has 1 saturated carbocycles. The molecule has 2 N–H and O–H groups in total. The summed E-state index contributed by atoms with van der Waals surface area (Å²) in [6, 6.07) is 0. The Morgan fingerprint density at radius 2 is 2.05 bits per heavy atom. The molecular formula is C13H20I2N2O3. The van der Waals surface area contributed by atoms with Crippen LogP contribution in [0.15, 0.2) is 0 Å². The van der Waals surface area contributed by atoms with Crippen LogP contribution >= 0.6 is 43.0 Å². The van der Waals surface area contributed by atoms with Crippen LogP contribution in [-0.4, -0.2) is 26.0 Å². The molecule has 0 aromatic rings. The third kappa shape index (κ3) is 2.22. The molecule has 0 aromatic carbocycles. The molecule has 3 aliphatic heterocycles. The fourth-order valence-electron chi connectivity index (χ4n) is 3.68. The van der Waals surface area contributed by atoms with Gasteiger partial charge in [-0.15, -0.1) is 0 Å². The van der Waals surface area contributed by atoms with Gasteiger partial charge in [-0.3, -0.25) is 0 Å². The van der Waals surface area contributed by atoms with Gasteiger partial charge in [0, 0.05) is 0 Å². The van der Waals surface area contributed by atoms with Crippen molar-refractivity contribution < 1.29 is 14.3 Å².